The molecule has 0 bridgehead atoms. The number of hydrogen-bond acceptors (Lipinski definition) is 5. The molecule has 0 amide bonds. The monoisotopic (exact) mass is 235 g/mol. The highest BCUT2D eigenvalue weighted by Crippen LogP contribution is 2.24. The largest absolute Gasteiger partial charge is 0.431 e. The number of ketones is 1. The van der Waals surface area contributed by atoms with Crippen LogP contribution >= 0.6 is 11.8 Å². The van der Waals surface area contributed by atoms with E-state index in [1.807, 2.05) is 12.1 Å². The molecule has 1 aromatic carbocycles. The lowest BCUT2D eigenvalue weighted by Gasteiger charge is -1.91. The first-order chi connectivity index (χ1) is 7.65. The third kappa shape index (κ3) is 2.49. The van der Waals surface area contributed by atoms with Crippen LogP contribution in [0.4, 0.5) is 0 Å². The van der Waals surface area contributed by atoms with Gasteiger partial charge in [0.1, 0.15) is 11.3 Å². The van der Waals surface area contributed by atoms with Crippen LogP contribution in [0.2, 0.25) is 0 Å². The van der Waals surface area contributed by atoms with Crippen LogP contribution in [-0.4, -0.2) is 15.9 Å². The van der Waals surface area contributed by atoms with Crippen molar-refractivity contribution in [2.75, 3.05) is 0 Å². The van der Waals surface area contributed by atoms with E-state index in [1.54, 1.807) is 12.1 Å². The van der Waals surface area contributed by atoms with Gasteiger partial charge < -0.3 is 4.42 Å². The van der Waals surface area contributed by atoms with Gasteiger partial charge in [-0.1, -0.05) is 12.1 Å². The van der Waals surface area contributed by atoms with Crippen LogP contribution in [0.15, 0.2) is 33.9 Å². The van der Waals surface area contributed by atoms with E-state index in [1.165, 1.54) is 6.92 Å². The van der Waals surface area contributed by atoms with Crippen molar-refractivity contribution >= 4 is 33.8 Å². The molecule has 2 aromatic rings. The number of para-hydroxylation sites is 2. The zero-order chi connectivity index (χ0) is 11.5. The molecule has 0 fully saturated rings. The maximum Gasteiger partial charge on any atom is 0.264 e. The molecular weight excluding hydrogens is 226 g/mol. The van der Waals surface area contributed by atoms with Gasteiger partial charge in [-0.2, -0.15) is 0 Å². The van der Waals surface area contributed by atoms with Crippen LogP contribution < -0.4 is 0 Å². The molecule has 5 heteroatoms. The Kier molecular flexibility index (Phi) is 3.05. The van der Waals surface area contributed by atoms with Crippen LogP contribution in [-0.2, 0) is 9.59 Å². The number of carbonyl (C=O) groups is 2. The fourth-order valence-corrected chi connectivity index (χ4v) is 1.98. The summed E-state index contributed by atoms with van der Waals surface area (Å²) in [6.07, 6.45) is -0.0939. The Morgan fingerprint density at radius 2 is 2.12 bits per heavy atom. The number of carbonyl (C=O) groups excluding carboxylic acids is 2. The number of nitrogens with zero attached hydrogens (tertiary/aromatic N) is 1. The van der Waals surface area contributed by atoms with Crippen molar-refractivity contribution in [2.45, 2.75) is 18.6 Å². The van der Waals surface area contributed by atoms with Crippen molar-refractivity contribution in [3.05, 3.63) is 24.3 Å². The summed E-state index contributed by atoms with van der Waals surface area (Å²) in [5.41, 5.74) is 1.35. The summed E-state index contributed by atoms with van der Waals surface area (Å²) in [4.78, 5) is 26.2. The van der Waals surface area contributed by atoms with E-state index in [2.05, 4.69) is 4.98 Å². The summed E-state index contributed by atoms with van der Waals surface area (Å²) in [6, 6.07) is 7.26. The van der Waals surface area contributed by atoms with E-state index >= 15 is 0 Å². The van der Waals surface area contributed by atoms with Gasteiger partial charge in [0.2, 0.25) is 5.12 Å². The smallest absolute Gasteiger partial charge is 0.264 e. The maximum atomic E-state index is 11.3. The molecule has 2 rings (SSSR count). The van der Waals surface area contributed by atoms with E-state index < -0.39 is 0 Å². The highest BCUT2D eigenvalue weighted by atomic mass is 32.2. The van der Waals surface area contributed by atoms with Gasteiger partial charge in [-0.05, 0) is 19.1 Å². The number of thioether (sulfide) groups is 1. The number of benzene rings is 1. The topological polar surface area (TPSA) is 60.2 Å². The van der Waals surface area contributed by atoms with E-state index in [4.69, 9.17) is 4.42 Å². The van der Waals surface area contributed by atoms with Gasteiger partial charge in [0, 0.05) is 11.8 Å². The van der Waals surface area contributed by atoms with Gasteiger partial charge in [-0.25, -0.2) is 4.98 Å². The normalized spacial score (nSPS) is 10.6. The molecule has 82 valence electrons. The van der Waals surface area contributed by atoms with Gasteiger partial charge in [-0.15, -0.1) is 0 Å². The number of aromatic nitrogens is 1. The SMILES string of the molecule is CC(=O)CC(=O)Sc1nc2ccccc2o1. The zero-order valence-electron chi connectivity index (χ0n) is 8.60. The Labute approximate surface area is 96.0 Å². The van der Waals surface area contributed by atoms with Gasteiger partial charge in [0.25, 0.3) is 5.22 Å². The summed E-state index contributed by atoms with van der Waals surface area (Å²) in [5, 5.41) is 0.0338. The number of oxazole rings is 1. The number of Topliss-reactive ketones (excluding diaryl/α,β-unsaturated/α-hetero) is 1. The molecule has 1 aromatic heterocycles. The summed E-state index contributed by atoms with van der Waals surface area (Å²) in [5.74, 6) is -0.159. The van der Waals surface area contributed by atoms with E-state index in [0.717, 1.165) is 11.8 Å². The lowest BCUT2D eigenvalue weighted by Crippen LogP contribution is -1.99. The maximum absolute atomic E-state index is 11.3. The minimum atomic E-state index is -0.251. The van der Waals surface area contributed by atoms with Crippen molar-refractivity contribution in [1.82, 2.24) is 4.98 Å². The first kappa shape index (κ1) is 10.9. The van der Waals surface area contributed by atoms with E-state index in [9.17, 15) is 9.59 Å². The molecule has 0 aliphatic rings. The van der Waals surface area contributed by atoms with Gasteiger partial charge in [0.05, 0.1) is 6.42 Å². The molecule has 0 spiro atoms. The van der Waals surface area contributed by atoms with Gasteiger partial charge in [-0.3, -0.25) is 9.59 Å². The molecule has 0 radical (unpaired) electrons. The average Bonchev–Trinajstić information content (AvgIpc) is 2.57. The highest BCUT2D eigenvalue weighted by molar-refractivity contribution is 8.13. The molecule has 0 atom stereocenters. The average molecular weight is 235 g/mol. The van der Waals surface area contributed by atoms with Crippen LogP contribution in [0.5, 0.6) is 0 Å². The van der Waals surface area contributed by atoms with E-state index in [-0.39, 0.29) is 22.5 Å². The minimum Gasteiger partial charge on any atom is -0.431 e. The van der Waals surface area contributed by atoms with Crippen molar-refractivity contribution in [3.63, 3.8) is 0 Å². The van der Waals surface area contributed by atoms with Crippen LogP contribution in [0.3, 0.4) is 0 Å². The Bertz CT molecular complexity index is 514. The van der Waals surface area contributed by atoms with Crippen molar-refractivity contribution in [2.24, 2.45) is 0 Å². The predicted molar refractivity (Wildman–Crippen MR) is 60.2 cm³/mol. The molecule has 0 N–H and O–H groups in total. The first-order valence-corrected chi connectivity index (χ1v) is 5.52. The van der Waals surface area contributed by atoms with Crippen molar-refractivity contribution in [1.29, 1.82) is 0 Å². The second kappa shape index (κ2) is 4.49. The Hall–Kier alpha value is -1.62. The summed E-state index contributed by atoms with van der Waals surface area (Å²) < 4.78 is 5.34. The molecule has 1 heterocycles. The molecule has 0 aliphatic heterocycles. The fourth-order valence-electron chi connectivity index (χ4n) is 1.23. The molecule has 0 aliphatic carbocycles. The Morgan fingerprint density at radius 1 is 1.38 bits per heavy atom. The second-order valence-electron chi connectivity index (χ2n) is 3.30. The fraction of sp³-hybridized carbons (Fsp3) is 0.182. The van der Waals surface area contributed by atoms with Crippen LogP contribution in [0.1, 0.15) is 13.3 Å². The van der Waals surface area contributed by atoms with E-state index in [0.29, 0.717) is 11.1 Å². The number of rotatable bonds is 3. The summed E-state index contributed by atoms with van der Waals surface area (Å²) in [7, 11) is 0. The number of fused-ring (bicyclic) bond motifs is 1. The molecule has 0 saturated heterocycles. The summed E-state index contributed by atoms with van der Waals surface area (Å²) >= 11 is 0.860. The molecule has 0 saturated carbocycles. The Morgan fingerprint density at radius 3 is 2.81 bits per heavy atom. The zero-order valence-corrected chi connectivity index (χ0v) is 9.41. The predicted octanol–water partition coefficient (Wildman–Crippen LogP) is 2.43. The molecular formula is C11H9NO3S. The third-order valence-corrected chi connectivity index (χ3v) is 2.59. The molecule has 16 heavy (non-hydrogen) atoms. The third-order valence-electron chi connectivity index (χ3n) is 1.87. The first-order valence-electron chi connectivity index (χ1n) is 4.71. The molecule has 4 nitrogen and oxygen atoms in total. The lowest BCUT2D eigenvalue weighted by atomic mass is 10.3. The lowest BCUT2D eigenvalue weighted by molar-refractivity contribution is -0.121. The number of hydrogen-bond donors (Lipinski definition) is 0. The van der Waals surface area contributed by atoms with Crippen molar-refractivity contribution < 1.29 is 14.0 Å². The van der Waals surface area contributed by atoms with Crippen LogP contribution in [0, 0.1) is 0 Å². The second-order valence-corrected chi connectivity index (χ2v) is 4.31. The van der Waals surface area contributed by atoms with Gasteiger partial charge in [0.15, 0.2) is 5.58 Å². The van der Waals surface area contributed by atoms with Crippen molar-refractivity contribution in [3.8, 4) is 0 Å². The highest BCUT2D eigenvalue weighted by Gasteiger charge is 2.12. The van der Waals surface area contributed by atoms with Gasteiger partial charge >= 0.3 is 0 Å². The Balaban J connectivity index is 2.15. The summed E-state index contributed by atoms with van der Waals surface area (Å²) in [6.45, 7) is 1.38. The molecule has 0 unspecified atom stereocenters. The van der Waals surface area contributed by atoms with Crippen LogP contribution in [0.25, 0.3) is 11.1 Å². The minimum absolute atomic E-state index is 0.0939. The standard InChI is InChI=1S/C11H9NO3S/c1-7(13)6-10(14)16-11-12-8-4-2-3-5-9(8)15-11/h2-5H,6H2,1H3. The quantitative estimate of drug-likeness (QED) is 0.604.